The third kappa shape index (κ3) is 7.97. The Morgan fingerprint density at radius 2 is 0.851 bits per heavy atom. The number of hydrogen-bond donors (Lipinski definition) is 0. The first-order valence-electron chi connectivity index (χ1n) is 16.3. The highest BCUT2D eigenvalue weighted by Gasteiger charge is 2.30. The number of piperazine rings is 2. The van der Waals surface area contributed by atoms with Crippen molar-refractivity contribution in [1.29, 1.82) is 0 Å². The molecule has 0 aromatic heterocycles. The van der Waals surface area contributed by atoms with Crippen LogP contribution in [0, 0.1) is 11.6 Å². The first kappa shape index (κ1) is 32.2. The van der Waals surface area contributed by atoms with E-state index in [1.165, 1.54) is 12.1 Å². The molecule has 0 bridgehead atoms. The summed E-state index contributed by atoms with van der Waals surface area (Å²) in [5, 5.41) is 0. The van der Waals surface area contributed by atoms with Gasteiger partial charge in [-0.2, -0.15) is 0 Å². The van der Waals surface area contributed by atoms with Gasteiger partial charge >= 0.3 is 0 Å². The molecule has 2 atom stereocenters. The summed E-state index contributed by atoms with van der Waals surface area (Å²) >= 11 is 0. The molecule has 2 unspecified atom stereocenters. The van der Waals surface area contributed by atoms with Crippen LogP contribution in [0.25, 0.3) is 0 Å². The van der Waals surface area contributed by atoms with E-state index < -0.39 is 12.2 Å². The number of para-hydroxylation sites is 2. The SMILES string of the molecule is O=C(CC(OC(CC(=O)N1CCN(c2ccccc2F)CC1)c1ccccc1)c1ccccc1)N1CCN(c2ccccc2F)CC1. The van der Waals surface area contributed by atoms with Gasteiger partial charge in [0.15, 0.2) is 0 Å². The number of benzene rings is 4. The van der Waals surface area contributed by atoms with Crippen molar-refractivity contribution in [1.82, 2.24) is 9.80 Å². The molecule has 0 aliphatic carbocycles. The maximum Gasteiger partial charge on any atom is 0.225 e. The summed E-state index contributed by atoms with van der Waals surface area (Å²) in [5.74, 6) is -0.625. The Labute approximate surface area is 275 Å². The van der Waals surface area contributed by atoms with Gasteiger partial charge in [-0.05, 0) is 35.4 Å². The number of rotatable bonds is 10. The van der Waals surface area contributed by atoms with Crippen molar-refractivity contribution < 1.29 is 23.1 Å². The van der Waals surface area contributed by atoms with Gasteiger partial charge in [0, 0.05) is 52.4 Å². The fraction of sp³-hybridized carbons (Fsp3) is 0.316. The van der Waals surface area contributed by atoms with Crippen LogP contribution >= 0.6 is 0 Å². The average molecular weight is 639 g/mol. The minimum atomic E-state index is -0.579. The van der Waals surface area contributed by atoms with E-state index in [0.717, 1.165) is 11.1 Å². The molecule has 2 saturated heterocycles. The second-order valence-electron chi connectivity index (χ2n) is 12.0. The molecule has 7 nitrogen and oxygen atoms in total. The molecule has 0 saturated carbocycles. The lowest BCUT2D eigenvalue weighted by atomic mass is 10.0. The van der Waals surface area contributed by atoms with Gasteiger partial charge in [-0.1, -0.05) is 84.9 Å². The van der Waals surface area contributed by atoms with Crippen LogP contribution < -0.4 is 9.80 Å². The number of hydrogen-bond acceptors (Lipinski definition) is 5. The quantitative estimate of drug-likeness (QED) is 0.206. The van der Waals surface area contributed by atoms with Gasteiger partial charge in [-0.25, -0.2) is 8.78 Å². The summed E-state index contributed by atoms with van der Waals surface area (Å²) in [7, 11) is 0. The number of nitrogens with zero attached hydrogens (tertiary/aromatic N) is 4. The summed E-state index contributed by atoms with van der Waals surface area (Å²) in [6, 6.07) is 32.7. The highest BCUT2D eigenvalue weighted by Crippen LogP contribution is 2.33. The molecule has 0 radical (unpaired) electrons. The molecule has 2 heterocycles. The van der Waals surface area contributed by atoms with Crippen LogP contribution in [0.3, 0.4) is 0 Å². The summed E-state index contributed by atoms with van der Waals surface area (Å²) in [4.78, 5) is 35.0. The Kier molecular flexibility index (Phi) is 10.4. The Balaban J connectivity index is 1.13. The lowest BCUT2D eigenvalue weighted by Crippen LogP contribution is -2.49. The van der Waals surface area contributed by atoms with Crippen LogP contribution in [0.5, 0.6) is 0 Å². The van der Waals surface area contributed by atoms with Crippen LogP contribution in [0.1, 0.15) is 36.2 Å². The molecule has 2 aliphatic heterocycles. The predicted octanol–water partition coefficient (Wildman–Crippen LogP) is 6.24. The molecule has 2 amide bonds. The molecule has 9 heteroatoms. The molecule has 244 valence electrons. The van der Waals surface area contributed by atoms with Gasteiger partial charge in [-0.15, -0.1) is 0 Å². The number of anilines is 2. The Bertz CT molecular complexity index is 1500. The number of carbonyl (C=O) groups is 2. The molecule has 4 aromatic carbocycles. The number of ether oxygens (including phenoxy) is 1. The molecule has 0 N–H and O–H groups in total. The average Bonchev–Trinajstić information content (AvgIpc) is 3.12. The van der Waals surface area contributed by atoms with Crippen LogP contribution in [-0.2, 0) is 14.3 Å². The smallest absolute Gasteiger partial charge is 0.225 e. The Hall–Kier alpha value is -4.76. The van der Waals surface area contributed by atoms with Crippen molar-refractivity contribution in [2.24, 2.45) is 0 Å². The standard InChI is InChI=1S/C38H40F2N4O3/c39-31-15-7-9-17-33(31)41-19-23-43(24-20-41)37(45)27-35(29-11-3-1-4-12-29)47-36(30-13-5-2-6-14-30)28-38(46)44-25-21-42(22-26-44)34-18-10-8-16-32(34)40/h1-18,35-36H,19-28H2. The second-order valence-corrected chi connectivity index (χ2v) is 12.0. The second kappa shape index (κ2) is 15.2. The maximum absolute atomic E-state index is 14.4. The van der Waals surface area contributed by atoms with Gasteiger partial charge < -0.3 is 24.3 Å². The van der Waals surface area contributed by atoms with Crippen LogP contribution in [0.4, 0.5) is 20.2 Å². The van der Waals surface area contributed by atoms with E-state index in [1.54, 1.807) is 24.3 Å². The van der Waals surface area contributed by atoms with Gasteiger partial charge in [0.25, 0.3) is 0 Å². The zero-order chi connectivity index (χ0) is 32.6. The number of amides is 2. The highest BCUT2D eigenvalue weighted by molar-refractivity contribution is 5.78. The first-order valence-corrected chi connectivity index (χ1v) is 16.3. The van der Waals surface area contributed by atoms with E-state index in [0.29, 0.717) is 63.7 Å². The first-order chi connectivity index (χ1) is 23.0. The van der Waals surface area contributed by atoms with Crippen molar-refractivity contribution in [3.05, 3.63) is 132 Å². The molecule has 2 aliphatic rings. The minimum Gasteiger partial charge on any atom is -0.366 e. The highest BCUT2D eigenvalue weighted by atomic mass is 19.1. The van der Waals surface area contributed by atoms with Crippen LogP contribution in [-0.4, -0.2) is 74.0 Å². The molecule has 47 heavy (non-hydrogen) atoms. The van der Waals surface area contributed by atoms with E-state index in [4.69, 9.17) is 4.74 Å². The lowest BCUT2D eigenvalue weighted by Gasteiger charge is -2.37. The molecule has 4 aromatic rings. The zero-order valence-electron chi connectivity index (χ0n) is 26.4. The number of halogens is 2. The van der Waals surface area contributed by atoms with Crippen LogP contribution in [0.2, 0.25) is 0 Å². The summed E-state index contributed by atoms with van der Waals surface area (Å²) < 4.78 is 35.5. The molecular weight excluding hydrogens is 598 g/mol. The van der Waals surface area contributed by atoms with Gasteiger partial charge in [0.2, 0.25) is 11.8 Å². The lowest BCUT2D eigenvalue weighted by molar-refractivity contribution is -0.139. The third-order valence-corrected chi connectivity index (χ3v) is 9.04. The summed E-state index contributed by atoms with van der Waals surface area (Å²) in [6.45, 7) is 4.07. The summed E-state index contributed by atoms with van der Waals surface area (Å²) in [5.41, 5.74) is 2.82. The van der Waals surface area contributed by atoms with Crippen molar-refractivity contribution in [3.63, 3.8) is 0 Å². The minimum absolute atomic E-state index is 0.0468. The van der Waals surface area contributed by atoms with E-state index in [-0.39, 0.29) is 36.3 Å². The van der Waals surface area contributed by atoms with E-state index in [9.17, 15) is 18.4 Å². The van der Waals surface area contributed by atoms with Crippen molar-refractivity contribution in [2.45, 2.75) is 25.0 Å². The van der Waals surface area contributed by atoms with Gasteiger partial charge in [-0.3, -0.25) is 9.59 Å². The maximum atomic E-state index is 14.4. The predicted molar refractivity (Wildman–Crippen MR) is 179 cm³/mol. The molecule has 0 spiro atoms. The van der Waals surface area contributed by atoms with Crippen molar-refractivity contribution in [2.75, 3.05) is 62.2 Å². The van der Waals surface area contributed by atoms with E-state index in [2.05, 4.69) is 0 Å². The molecule has 2 fully saturated rings. The van der Waals surface area contributed by atoms with Gasteiger partial charge in [0.05, 0.1) is 36.4 Å². The normalized spacial score (nSPS) is 16.6. The Morgan fingerprint density at radius 3 is 1.21 bits per heavy atom. The van der Waals surface area contributed by atoms with Gasteiger partial charge in [0.1, 0.15) is 11.6 Å². The van der Waals surface area contributed by atoms with Crippen molar-refractivity contribution >= 4 is 23.2 Å². The number of carbonyl (C=O) groups excluding carboxylic acids is 2. The molecular formula is C38H40F2N4O3. The summed E-state index contributed by atoms with van der Waals surface area (Å²) in [6.07, 6.45) is -0.932. The topological polar surface area (TPSA) is 56.3 Å². The van der Waals surface area contributed by atoms with E-state index in [1.807, 2.05) is 92.4 Å². The largest absolute Gasteiger partial charge is 0.366 e. The fourth-order valence-electron chi connectivity index (χ4n) is 6.41. The van der Waals surface area contributed by atoms with E-state index >= 15 is 0 Å². The Morgan fingerprint density at radius 1 is 0.511 bits per heavy atom. The fourth-order valence-corrected chi connectivity index (χ4v) is 6.41. The van der Waals surface area contributed by atoms with Crippen LogP contribution in [0.15, 0.2) is 109 Å². The third-order valence-electron chi connectivity index (χ3n) is 9.04. The molecule has 6 rings (SSSR count). The zero-order valence-corrected chi connectivity index (χ0v) is 26.4. The monoisotopic (exact) mass is 638 g/mol. The van der Waals surface area contributed by atoms with Crippen molar-refractivity contribution in [3.8, 4) is 0 Å².